The van der Waals surface area contributed by atoms with E-state index in [1.807, 2.05) is 55.1 Å². The van der Waals surface area contributed by atoms with Crippen molar-refractivity contribution in [2.24, 2.45) is 0 Å². The quantitative estimate of drug-likeness (QED) is 0.563. The van der Waals surface area contributed by atoms with E-state index in [1.54, 1.807) is 0 Å². The van der Waals surface area contributed by atoms with Crippen molar-refractivity contribution in [3.8, 4) is 5.75 Å². The number of hydrogen-bond donors (Lipinski definition) is 0. The van der Waals surface area contributed by atoms with Crippen LogP contribution in [0.5, 0.6) is 5.75 Å². The van der Waals surface area contributed by atoms with Crippen LogP contribution < -0.4 is 4.74 Å². The van der Waals surface area contributed by atoms with Crippen LogP contribution in [0.1, 0.15) is 43.6 Å². The van der Waals surface area contributed by atoms with E-state index in [1.165, 1.54) is 0 Å². The van der Waals surface area contributed by atoms with Gasteiger partial charge in [0.25, 0.3) is 0 Å². The highest BCUT2D eigenvalue weighted by molar-refractivity contribution is 6.31. The third kappa shape index (κ3) is 3.97. The highest BCUT2D eigenvalue weighted by atomic mass is 35.5. The first kappa shape index (κ1) is 19.8. The first-order chi connectivity index (χ1) is 14.1. The van der Waals surface area contributed by atoms with Crippen molar-refractivity contribution < 1.29 is 9.53 Å². The average molecular weight is 412 g/mol. The number of likely N-dealkylation sites (tertiary alicyclic amines) is 1. The second-order valence-electron chi connectivity index (χ2n) is 7.47. The van der Waals surface area contributed by atoms with E-state index in [0.29, 0.717) is 19.6 Å². The number of halogens is 1. The molecule has 1 saturated heterocycles. The van der Waals surface area contributed by atoms with Crippen LogP contribution >= 0.6 is 11.6 Å². The second kappa shape index (κ2) is 8.46. The zero-order valence-electron chi connectivity index (χ0n) is 16.9. The number of benzene rings is 2. The van der Waals surface area contributed by atoms with Gasteiger partial charge in [-0.3, -0.25) is 4.79 Å². The third-order valence-corrected chi connectivity index (χ3v) is 5.99. The zero-order valence-corrected chi connectivity index (χ0v) is 17.7. The fraction of sp³-hybridized carbons (Fsp3) is 0.391. The number of fused-ring (bicyclic) bond motifs is 1. The molecule has 2 heterocycles. The fourth-order valence-corrected chi connectivity index (χ4v) is 4.20. The molecule has 4 rings (SSSR count). The lowest BCUT2D eigenvalue weighted by atomic mass is 10.2. The van der Waals surface area contributed by atoms with Crippen molar-refractivity contribution >= 4 is 28.5 Å². The Hall–Kier alpha value is -2.53. The highest BCUT2D eigenvalue weighted by Gasteiger charge is 2.32. The van der Waals surface area contributed by atoms with Crippen LogP contribution in [0.2, 0.25) is 5.02 Å². The number of aromatic nitrogens is 2. The average Bonchev–Trinajstić information content (AvgIpc) is 3.35. The van der Waals surface area contributed by atoms with Gasteiger partial charge in [0.1, 0.15) is 18.2 Å². The summed E-state index contributed by atoms with van der Waals surface area (Å²) in [5.41, 5.74) is 3.03. The Kier molecular flexibility index (Phi) is 5.76. The topological polar surface area (TPSA) is 47.4 Å². The molecule has 29 heavy (non-hydrogen) atoms. The lowest BCUT2D eigenvalue weighted by molar-refractivity contribution is -0.131. The molecule has 5 nitrogen and oxygen atoms in total. The predicted octanol–water partition coefficient (Wildman–Crippen LogP) is 5.15. The Labute approximate surface area is 176 Å². The molecule has 0 bridgehead atoms. The van der Waals surface area contributed by atoms with E-state index in [-0.39, 0.29) is 11.9 Å². The van der Waals surface area contributed by atoms with Crippen molar-refractivity contribution in [2.45, 2.75) is 45.7 Å². The Balaban J connectivity index is 1.60. The number of carbonyl (C=O) groups is 1. The summed E-state index contributed by atoms with van der Waals surface area (Å²) in [6, 6.07) is 13.9. The third-order valence-electron chi connectivity index (χ3n) is 5.57. The fourth-order valence-electron chi connectivity index (χ4n) is 4.08. The lowest BCUT2D eigenvalue weighted by Crippen LogP contribution is -2.31. The molecule has 152 valence electrons. The number of imidazole rings is 1. The molecule has 6 heteroatoms. The maximum atomic E-state index is 12.4. The molecular formula is C23H26ClN3O2. The van der Waals surface area contributed by atoms with E-state index >= 15 is 0 Å². The minimum atomic E-state index is 0.0348. The van der Waals surface area contributed by atoms with Gasteiger partial charge in [0.15, 0.2) is 0 Å². The molecule has 1 atom stereocenters. The number of aryl methyl sites for hydroxylation is 1. The van der Waals surface area contributed by atoms with Crippen LogP contribution in [0.25, 0.3) is 11.0 Å². The molecule has 1 fully saturated rings. The van der Waals surface area contributed by atoms with Crippen molar-refractivity contribution in [1.29, 1.82) is 0 Å². The summed E-state index contributed by atoms with van der Waals surface area (Å²) in [6.45, 7) is 5.88. The van der Waals surface area contributed by atoms with Gasteiger partial charge in [0.2, 0.25) is 5.91 Å². The Morgan fingerprint density at radius 2 is 2.10 bits per heavy atom. The summed E-state index contributed by atoms with van der Waals surface area (Å²) in [5.74, 6) is 1.96. The molecule has 3 aromatic rings. The van der Waals surface area contributed by atoms with Gasteiger partial charge < -0.3 is 14.2 Å². The Morgan fingerprint density at radius 3 is 2.90 bits per heavy atom. The van der Waals surface area contributed by atoms with Crippen LogP contribution in [-0.2, 0) is 11.3 Å². The van der Waals surface area contributed by atoms with Crippen molar-refractivity contribution in [3.63, 3.8) is 0 Å². The highest BCUT2D eigenvalue weighted by Crippen LogP contribution is 2.34. The summed E-state index contributed by atoms with van der Waals surface area (Å²) in [4.78, 5) is 19.3. The van der Waals surface area contributed by atoms with Gasteiger partial charge in [-0.05, 0) is 55.7 Å². The number of ether oxygens (including phenoxy) is 1. The smallest absolute Gasteiger partial charge is 0.222 e. The normalized spacial score (nSPS) is 16.5. The number of nitrogens with zero attached hydrogens (tertiary/aromatic N) is 3. The molecule has 0 N–H and O–H groups in total. The summed E-state index contributed by atoms with van der Waals surface area (Å²) in [5, 5.41) is 0.738. The summed E-state index contributed by atoms with van der Waals surface area (Å²) >= 11 is 6.11. The molecule has 0 saturated carbocycles. The SMILES string of the molecule is CCC(=O)N1CCC[C@@H]1c1nc2ccccc2n1CCOc1ccc(Cl)c(C)c1. The molecule has 0 unspecified atom stereocenters. The molecule has 1 aliphatic rings. The van der Waals surface area contributed by atoms with Crippen molar-refractivity contribution in [1.82, 2.24) is 14.5 Å². The van der Waals surface area contributed by atoms with E-state index in [9.17, 15) is 4.79 Å². The van der Waals surface area contributed by atoms with Gasteiger partial charge in [-0.2, -0.15) is 0 Å². The summed E-state index contributed by atoms with van der Waals surface area (Å²) in [6.07, 6.45) is 2.49. The molecule has 0 radical (unpaired) electrons. The van der Waals surface area contributed by atoms with Gasteiger partial charge in [-0.25, -0.2) is 4.98 Å². The van der Waals surface area contributed by atoms with Gasteiger partial charge in [0.05, 0.1) is 23.6 Å². The van der Waals surface area contributed by atoms with Crippen LogP contribution in [-0.4, -0.2) is 33.5 Å². The standard InChI is InChI=1S/C23H26ClN3O2/c1-3-22(28)26-12-6-9-21(26)23-25-19-7-4-5-8-20(19)27(23)13-14-29-17-10-11-18(24)16(2)15-17/h4-5,7-8,10-11,15,21H,3,6,9,12-14H2,1-2H3/t21-/m1/s1. The van der Waals surface area contributed by atoms with Gasteiger partial charge in [-0.1, -0.05) is 30.7 Å². The number of hydrogen-bond acceptors (Lipinski definition) is 3. The summed E-state index contributed by atoms with van der Waals surface area (Å²) < 4.78 is 8.20. The minimum absolute atomic E-state index is 0.0348. The first-order valence-corrected chi connectivity index (χ1v) is 10.6. The van der Waals surface area contributed by atoms with Crippen LogP contribution in [0.3, 0.4) is 0 Å². The number of carbonyl (C=O) groups excluding carboxylic acids is 1. The van der Waals surface area contributed by atoms with Gasteiger partial charge >= 0.3 is 0 Å². The molecular weight excluding hydrogens is 386 g/mol. The maximum Gasteiger partial charge on any atom is 0.222 e. The van der Waals surface area contributed by atoms with Gasteiger partial charge in [-0.15, -0.1) is 0 Å². The number of amides is 1. The predicted molar refractivity (Wildman–Crippen MR) is 115 cm³/mol. The molecule has 1 aromatic heterocycles. The number of para-hydroxylation sites is 2. The molecule has 1 aliphatic heterocycles. The van der Waals surface area contributed by atoms with Crippen molar-refractivity contribution in [3.05, 3.63) is 58.9 Å². The monoisotopic (exact) mass is 411 g/mol. The summed E-state index contributed by atoms with van der Waals surface area (Å²) in [7, 11) is 0. The molecule has 0 aliphatic carbocycles. The van der Waals surface area contributed by atoms with E-state index < -0.39 is 0 Å². The second-order valence-corrected chi connectivity index (χ2v) is 7.88. The van der Waals surface area contributed by atoms with Gasteiger partial charge in [0, 0.05) is 18.0 Å². The van der Waals surface area contributed by atoms with Crippen LogP contribution in [0.15, 0.2) is 42.5 Å². The number of rotatable bonds is 6. The maximum absolute atomic E-state index is 12.4. The van der Waals surface area contributed by atoms with E-state index in [0.717, 1.165) is 52.6 Å². The Morgan fingerprint density at radius 1 is 1.28 bits per heavy atom. The largest absolute Gasteiger partial charge is 0.492 e. The lowest BCUT2D eigenvalue weighted by Gasteiger charge is -2.25. The van der Waals surface area contributed by atoms with Crippen LogP contribution in [0.4, 0.5) is 0 Å². The van der Waals surface area contributed by atoms with E-state index in [4.69, 9.17) is 21.3 Å². The van der Waals surface area contributed by atoms with E-state index in [2.05, 4.69) is 10.6 Å². The molecule has 0 spiro atoms. The van der Waals surface area contributed by atoms with Crippen LogP contribution in [0, 0.1) is 6.92 Å². The molecule has 2 aromatic carbocycles. The Bertz CT molecular complexity index is 1030. The first-order valence-electron chi connectivity index (χ1n) is 10.2. The van der Waals surface area contributed by atoms with Crippen molar-refractivity contribution in [2.75, 3.05) is 13.2 Å². The minimum Gasteiger partial charge on any atom is -0.492 e. The zero-order chi connectivity index (χ0) is 20.4. The molecule has 1 amide bonds.